The third kappa shape index (κ3) is 2.81. The van der Waals surface area contributed by atoms with Gasteiger partial charge in [-0.1, -0.05) is 18.2 Å². The lowest BCUT2D eigenvalue weighted by Gasteiger charge is -2.28. The summed E-state index contributed by atoms with van der Waals surface area (Å²) in [6, 6.07) is 10.8. The number of nitrogens with one attached hydrogen (secondary N) is 2. The van der Waals surface area contributed by atoms with Crippen LogP contribution in [0.25, 0.3) is 22.2 Å². The van der Waals surface area contributed by atoms with Crippen molar-refractivity contribution in [3.05, 3.63) is 54.0 Å². The van der Waals surface area contributed by atoms with E-state index >= 15 is 0 Å². The molecule has 24 heavy (non-hydrogen) atoms. The third-order valence-corrected chi connectivity index (χ3v) is 4.33. The van der Waals surface area contributed by atoms with Gasteiger partial charge >= 0.3 is 0 Å². The maximum atomic E-state index is 13.4. The van der Waals surface area contributed by atoms with E-state index in [1.54, 1.807) is 12.3 Å². The molecule has 2 aromatic heterocycles. The standard InChI is InChI=1S/C18H18FN5/c19-13-3-1-2-11(6-13)16-5-4-15-12(7-22-14-9-21-10-14)8-23-18(20)17(15)24-16/h1-6,8,14,21-22H,7,9-10H2,(H2,20,23). The molecule has 0 aliphatic carbocycles. The van der Waals surface area contributed by atoms with Crippen molar-refractivity contribution >= 4 is 16.7 Å². The molecule has 5 nitrogen and oxygen atoms in total. The summed E-state index contributed by atoms with van der Waals surface area (Å²) in [7, 11) is 0. The van der Waals surface area contributed by atoms with Gasteiger partial charge in [0.05, 0.1) is 5.69 Å². The SMILES string of the molecule is Nc1ncc(CNC2CNC2)c2ccc(-c3cccc(F)c3)nc12. The second-order valence-electron chi connectivity index (χ2n) is 6.01. The van der Waals surface area contributed by atoms with Crippen LogP contribution in [0.2, 0.25) is 0 Å². The summed E-state index contributed by atoms with van der Waals surface area (Å²) in [6.45, 7) is 2.70. The van der Waals surface area contributed by atoms with Crippen LogP contribution in [-0.4, -0.2) is 29.1 Å². The first-order chi connectivity index (χ1) is 11.7. The lowest BCUT2D eigenvalue weighted by Crippen LogP contribution is -2.55. The van der Waals surface area contributed by atoms with Gasteiger partial charge in [0.25, 0.3) is 0 Å². The van der Waals surface area contributed by atoms with Crippen LogP contribution < -0.4 is 16.4 Å². The van der Waals surface area contributed by atoms with Gasteiger partial charge in [-0.3, -0.25) is 0 Å². The average molecular weight is 323 g/mol. The molecular weight excluding hydrogens is 305 g/mol. The first-order valence-electron chi connectivity index (χ1n) is 7.95. The number of nitrogens with two attached hydrogens (primary N) is 1. The van der Waals surface area contributed by atoms with E-state index in [4.69, 9.17) is 5.73 Å². The van der Waals surface area contributed by atoms with E-state index in [1.165, 1.54) is 12.1 Å². The van der Waals surface area contributed by atoms with Gasteiger partial charge in [0.15, 0.2) is 0 Å². The lowest BCUT2D eigenvalue weighted by atomic mass is 10.1. The zero-order valence-electron chi connectivity index (χ0n) is 13.1. The quantitative estimate of drug-likeness (QED) is 0.685. The topological polar surface area (TPSA) is 75.9 Å². The Kier molecular flexibility index (Phi) is 3.84. The molecule has 122 valence electrons. The van der Waals surface area contributed by atoms with Gasteiger partial charge in [0, 0.05) is 42.8 Å². The van der Waals surface area contributed by atoms with Crippen molar-refractivity contribution in [2.45, 2.75) is 12.6 Å². The highest BCUT2D eigenvalue weighted by Gasteiger charge is 2.16. The van der Waals surface area contributed by atoms with Crippen LogP contribution in [0.4, 0.5) is 10.2 Å². The number of anilines is 1. The number of halogens is 1. The number of benzene rings is 1. The van der Waals surface area contributed by atoms with Crippen molar-refractivity contribution in [3.8, 4) is 11.3 Å². The minimum atomic E-state index is -0.285. The van der Waals surface area contributed by atoms with Gasteiger partial charge in [-0.25, -0.2) is 14.4 Å². The number of hydrogen-bond donors (Lipinski definition) is 3. The summed E-state index contributed by atoms with van der Waals surface area (Å²) in [5, 5.41) is 7.69. The number of hydrogen-bond acceptors (Lipinski definition) is 5. The molecule has 0 atom stereocenters. The molecule has 1 aliphatic rings. The Bertz CT molecular complexity index is 892. The molecule has 0 unspecified atom stereocenters. The van der Waals surface area contributed by atoms with Crippen LogP contribution in [0.5, 0.6) is 0 Å². The Morgan fingerprint density at radius 1 is 1.25 bits per heavy atom. The van der Waals surface area contributed by atoms with Crippen molar-refractivity contribution in [1.82, 2.24) is 20.6 Å². The van der Waals surface area contributed by atoms with Crippen LogP contribution in [0, 0.1) is 5.82 Å². The average Bonchev–Trinajstić information content (AvgIpc) is 2.55. The highest BCUT2D eigenvalue weighted by molar-refractivity contribution is 5.91. The third-order valence-electron chi connectivity index (χ3n) is 4.33. The number of rotatable bonds is 4. The highest BCUT2D eigenvalue weighted by atomic mass is 19.1. The summed E-state index contributed by atoms with van der Waals surface area (Å²) in [5.41, 5.74) is 9.14. The van der Waals surface area contributed by atoms with Gasteiger partial charge in [-0.2, -0.15) is 0 Å². The first-order valence-corrected chi connectivity index (χ1v) is 7.95. The number of nitrogen functional groups attached to an aromatic ring is 1. The predicted molar refractivity (Wildman–Crippen MR) is 92.8 cm³/mol. The molecule has 1 saturated heterocycles. The van der Waals surface area contributed by atoms with Gasteiger partial charge < -0.3 is 16.4 Å². The number of pyridine rings is 2. The van der Waals surface area contributed by atoms with Crippen molar-refractivity contribution in [3.63, 3.8) is 0 Å². The number of fused-ring (bicyclic) bond motifs is 1. The monoisotopic (exact) mass is 323 g/mol. The molecule has 0 radical (unpaired) electrons. The molecule has 1 aromatic carbocycles. The Labute approximate surface area is 139 Å². The van der Waals surface area contributed by atoms with Crippen LogP contribution in [0.15, 0.2) is 42.6 Å². The molecule has 6 heteroatoms. The molecule has 4 N–H and O–H groups in total. The largest absolute Gasteiger partial charge is 0.382 e. The normalized spacial score (nSPS) is 14.7. The van der Waals surface area contributed by atoms with Gasteiger partial charge in [0.1, 0.15) is 17.2 Å². The predicted octanol–water partition coefficient (Wildman–Crippen LogP) is 2.08. The maximum absolute atomic E-state index is 13.4. The van der Waals surface area contributed by atoms with E-state index in [1.807, 2.05) is 18.2 Å². The van der Waals surface area contributed by atoms with Crippen LogP contribution in [0.1, 0.15) is 5.56 Å². The molecule has 3 aromatic rings. The van der Waals surface area contributed by atoms with Crippen LogP contribution >= 0.6 is 0 Å². The molecule has 4 rings (SSSR count). The minimum Gasteiger partial charge on any atom is -0.382 e. The molecule has 0 spiro atoms. The molecule has 1 fully saturated rings. The fourth-order valence-electron chi connectivity index (χ4n) is 2.83. The smallest absolute Gasteiger partial charge is 0.149 e. The second kappa shape index (κ2) is 6.14. The Morgan fingerprint density at radius 2 is 2.12 bits per heavy atom. The summed E-state index contributed by atoms with van der Waals surface area (Å²) < 4.78 is 13.4. The molecule has 3 heterocycles. The Morgan fingerprint density at radius 3 is 2.88 bits per heavy atom. The Balaban J connectivity index is 1.71. The first kappa shape index (κ1) is 15.0. The fourth-order valence-corrected chi connectivity index (χ4v) is 2.83. The van der Waals surface area contributed by atoms with Gasteiger partial charge in [0.2, 0.25) is 0 Å². The van der Waals surface area contributed by atoms with Crippen LogP contribution in [-0.2, 0) is 6.54 Å². The summed E-state index contributed by atoms with van der Waals surface area (Å²) in [4.78, 5) is 8.88. The lowest BCUT2D eigenvalue weighted by molar-refractivity contribution is 0.365. The maximum Gasteiger partial charge on any atom is 0.149 e. The summed E-state index contributed by atoms with van der Waals surface area (Å²) in [6.07, 6.45) is 1.79. The van der Waals surface area contributed by atoms with E-state index in [-0.39, 0.29) is 5.82 Å². The zero-order chi connectivity index (χ0) is 16.5. The van der Waals surface area contributed by atoms with Crippen molar-refractivity contribution in [2.75, 3.05) is 18.8 Å². The number of aromatic nitrogens is 2. The van der Waals surface area contributed by atoms with Crippen molar-refractivity contribution < 1.29 is 4.39 Å². The Hall–Kier alpha value is -2.57. The van der Waals surface area contributed by atoms with Crippen molar-refractivity contribution in [1.29, 1.82) is 0 Å². The summed E-state index contributed by atoms with van der Waals surface area (Å²) >= 11 is 0. The van der Waals surface area contributed by atoms with Gasteiger partial charge in [-0.05, 0) is 23.8 Å². The van der Waals surface area contributed by atoms with Crippen LogP contribution in [0.3, 0.4) is 0 Å². The summed E-state index contributed by atoms with van der Waals surface area (Å²) in [5.74, 6) is 0.102. The van der Waals surface area contributed by atoms with Crippen molar-refractivity contribution in [2.24, 2.45) is 0 Å². The molecular formula is C18H18FN5. The molecule has 0 amide bonds. The van der Waals surface area contributed by atoms with E-state index in [2.05, 4.69) is 20.6 Å². The fraction of sp³-hybridized carbons (Fsp3) is 0.222. The van der Waals surface area contributed by atoms with E-state index in [0.29, 0.717) is 23.1 Å². The minimum absolute atomic E-state index is 0.285. The molecule has 1 aliphatic heterocycles. The van der Waals surface area contributed by atoms with Gasteiger partial charge in [-0.15, -0.1) is 0 Å². The molecule has 0 bridgehead atoms. The highest BCUT2D eigenvalue weighted by Crippen LogP contribution is 2.26. The number of nitrogens with zero attached hydrogens (tertiary/aromatic N) is 2. The molecule has 0 saturated carbocycles. The van der Waals surface area contributed by atoms with E-state index in [9.17, 15) is 4.39 Å². The van der Waals surface area contributed by atoms with E-state index < -0.39 is 0 Å². The zero-order valence-corrected chi connectivity index (χ0v) is 13.1. The second-order valence-corrected chi connectivity index (χ2v) is 6.01. The van der Waals surface area contributed by atoms with E-state index in [0.717, 1.165) is 36.1 Å².